The molecule has 2 aromatic carbocycles. The number of nitrogens with zero attached hydrogens (tertiary/aromatic N) is 5. The van der Waals surface area contributed by atoms with Crippen LogP contribution in [0.2, 0.25) is 0 Å². The van der Waals surface area contributed by atoms with Gasteiger partial charge in [0.1, 0.15) is 5.60 Å². The van der Waals surface area contributed by atoms with Gasteiger partial charge in [-0.3, -0.25) is 4.79 Å². The Hall–Kier alpha value is -4.87. The summed E-state index contributed by atoms with van der Waals surface area (Å²) in [7, 11) is -4.47. The van der Waals surface area contributed by atoms with E-state index < -0.39 is 52.4 Å². The van der Waals surface area contributed by atoms with E-state index in [2.05, 4.69) is 20.0 Å². The van der Waals surface area contributed by atoms with Crippen LogP contribution >= 0.6 is 0 Å². The Bertz CT molecular complexity index is 1700. The highest BCUT2D eigenvalue weighted by atomic mass is 32.2. The molecule has 248 valence electrons. The number of benzene rings is 2. The summed E-state index contributed by atoms with van der Waals surface area (Å²) in [6.07, 6.45) is -5.31. The zero-order valence-corrected chi connectivity index (χ0v) is 26.0. The molecule has 1 aromatic heterocycles. The van der Waals surface area contributed by atoms with Crippen LogP contribution < -0.4 is 4.72 Å². The van der Waals surface area contributed by atoms with Gasteiger partial charge in [0.25, 0.3) is 22.7 Å². The van der Waals surface area contributed by atoms with E-state index >= 15 is 0 Å². The monoisotopic (exact) mass is 668 g/mol. The van der Waals surface area contributed by atoms with Gasteiger partial charge in [-0.05, 0) is 70.9 Å². The molecular weight excluding hydrogens is 637 g/mol. The van der Waals surface area contributed by atoms with Gasteiger partial charge in [-0.2, -0.15) is 18.3 Å². The van der Waals surface area contributed by atoms with Crippen LogP contribution in [0.15, 0.2) is 64.8 Å². The number of carbonyl (C=O) groups excluding carboxylic acids is 2. The molecule has 0 spiro atoms. The summed E-state index contributed by atoms with van der Waals surface area (Å²) in [6.45, 7) is 5.97. The first kappa shape index (κ1) is 34.0. The molecule has 1 fully saturated rings. The zero-order valence-electron chi connectivity index (χ0n) is 25.1. The number of hydrogen-bond donors (Lipinski definition) is 1. The molecule has 1 atom stereocenters. The summed E-state index contributed by atoms with van der Waals surface area (Å²) < 4.78 is 79.1. The van der Waals surface area contributed by atoms with Crippen LogP contribution in [0, 0.1) is 12.1 Å². The number of sulfonamides is 1. The van der Waals surface area contributed by atoms with Gasteiger partial charge in [0, 0.05) is 5.56 Å². The van der Waals surface area contributed by atoms with Crippen molar-refractivity contribution in [3.8, 4) is 16.9 Å². The summed E-state index contributed by atoms with van der Waals surface area (Å²) in [6, 6.07) is 11.1. The summed E-state index contributed by atoms with van der Waals surface area (Å²) in [5.41, 5.74) is -0.322. The Morgan fingerprint density at radius 2 is 1.76 bits per heavy atom. The van der Waals surface area contributed by atoms with E-state index in [-0.39, 0.29) is 34.2 Å². The van der Waals surface area contributed by atoms with Gasteiger partial charge < -0.3 is 19.5 Å². The fourth-order valence-electron chi connectivity index (χ4n) is 4.37. The normalized spacial score (nSPS) is 15.8. The maximum atomic E-state index is 13.5. The lowest BCUT2D eigenvalue weighted by molar-refractivity contribution is -0.712. The number of nitrogens with one attached hydrogen (secondary N) is 1. The van der Waals surface area contributed by atoms with E-state index in [0.717, 1.165) is 33.5 Å². The van der Waals surface area contributed by atoms with Crippen molar-refractivity contribution in [2.24, 2.45) is 5.28 Å². The molecule has 1 N–H and O–H groups in total. The number of hydrogen-bond acceptors (Lipinski definition) is 10. The van der Waals surface area contributed by atoms with Crippen LogP contribution in [0.5, 0.6) is 0 Å². The smallest absolute Gasteiger partial charge is 0.511 e. The van der Waals surface area contributed by atoms with E-state index in [1.165, 1.54) is 12.1 Å². The molecule has 1 aliphatic rings. The number of alkyl halides is 3. The number of ether oxygens (including phenoxy) is 2. The Kier molecular flexibility index (Phi) is 9.79. The van der Waals surface area contributed by atoms with Gasteiger partial charge in [0.05, 0.1) is 27.8 Å². The van der Waals surface area contributed by atoms with Crippen molar-refractivity contribution in [2.75, 3.05) is 13.3 Å². The van der Waals surface area contributed by atoms with E-state index in [4.69, 9.17) is 4.74 Å². The molecule has 1 aliphatic heterocycles. The minimum atomic E-state index is -4.72. The fraction of sp³-hybridized carbons (Fsp3) is 0.393. The Morgan fingerprint density at radius 1 is 1.11 bits per heavy atom. The average molecular weight is 669 g/mol. The van der Waals surface area contributed by atoms with Crippen molar-refractivity contribution < 1.29 is 50.5 Å². The van der Waals surface area contributed by atoms with Gasteiger partial charge >= 0.3 is 12.3 Å². The number of aromatic nitrogens is 2. The van der Waals surface area contributed by atoms with Crippen LogP contribution in [0.1, 0.15) is 44.9 Å². The van der Waals surface area contributed by atoms with Crippen LogP contribution in [-0.4, -0.2) is 65.2 Å². The maximum absolute atomic E-state index is 13.5. The van der Waals surface area contributed by atoms with Gasteiger partial charge in [-0.15, -0.1) is 5.01 Å². The highest BCUT2D eigenvalue weighted by Crippen LogP contribution is 2.33. The van der Waals surface area contributed by atoms with Crippen molar-refractivity contribution in [1.29, 1.82) is 0 Å². The first-order valence-corrected chi connectivity index (χ1v) is 15.3. The molecule has 2 heterocycles. The number of carbonyl (C=O) groups is 2. The number of rotatable bonds is 9. The Labute approximate surface area is 261 Å². The largest absolute Gasteiger partial charge is 0.569 e. The van der Waals surface area contributed by atoms with Crippen LogP contribution in [-0.2, 0) is 35.3 Å². The summed E-state index contributed by atoms with van der Waals surface area (Å²) in [5.74, 6) is -1.02. The number of halogens is 3. The van der Waals surface area contributed by atoms with Crippen molar-refractivity contribution in [2.45, 2.75) is 63.3 Å². The fourth-order valence-corrected chi connectivity index (χ4v) is 5.38. The third kappa shape index (κ3) is 8.43. The highest BCUT2D eigenvalue weighted by molar-refractivity contribution is 7.90. The quantitative estimate of drug-likeness (QED) is 0.0831. The third-order valence-electron chi connectivity index (χ3n) is 6.47. The molecule has 0 unspecified atom stereocenters. The first-order valence-electron chi connectivity index (χ1n) is 13.8. The standard InChI is InChI=1S/C28H31F3N6O8S/c1-18-7-9-19(10-8-18)23-16-24(28(29,30)31)32-36(23)20-11-13-21(14-12-20)46(41,42)33-25(38)22-6-5-15-35(22)37(40)34-44-17-43-26(39)45-27(2,3)4/h7-14,16,22H,5-6,15,17H2,1-4H3,(H,33,38)/b37-34-/t22-/m0/s1. The van der Waals surface area contributed by atoms with Crippen molar-refractivity contribution in [3.63, 3.8) is 0 Å². The zero-order chi connectivity index (χ0) is 33.9. The number of hydrazine groups is 1. The highest BCUT2D eigenvalue weighted by Gasteiger charge is 2.39. The molecule has 0 aliphatic carbocycles. The lowest BCUT2D eigenvalue weighted by Gasteiger charge is -2.19. The Morgan fingerprint density at radius 3 is 2.37 bits per heavy atom. The molecule has 14 nitrogen and oxygen atoms in total. The average Bonchev–Trinajstić information content (AvgIpc) is 3.63. The number of aryl methyl sites for hydroxylation is 1. The molecule has 0 bridgehead atoms. The predicted molar refractivity (Wildman–Crippen MR) is 153 cm³/mol. The van der Waals surface area contributed by atoms with Gasteiger partial charge in [0.2, 0.25) is 5.28 Å². The minimum absolute atomic E-state index is 0.0449. The maximum Gasteiger partial charge on any atom is 0.511 e. The third-order valence-corrected chi connectivity index (χ3v) is 7.83. The molecule has 0 radical (unpaired) electrons. The van der Waals surface area contributed by atoms with Crippen LogP contribution in [0.3, 0.4) is 0 Å². The van der Waals surface area contributed by atoms with E-state index in [1.54, 1.807) is 45.0 Å². The van der Waals surface area contributed by atoms with Gasteiger partial charge in [0.15, 0.2) is 11.7 Å². The molecule has 0 saturated carbocycles. The van der Waals surface area contributed by atoms with Crippen LogP contribution in [0.25, 0.3) is 16.9 Å². The second-order valence-electron chi connectivity index (χ2n) is 11.2. The SMILES string of the molecule is Cc1ccc(-c2cc(C(F)(F)F)nn2-c2ccc(S(=O)(=O)NC(=O)[C@@H]3CCCN3/[N+]([O-])=N/OCOC(=O)OC(C)(C)C)cc2)cc1. The molecule has 3 aromatic rings. The van der Waals surface area contributed by atoms with Crippen molar-refractivity contribution in [1.82, 2.24) is 19.5 Å². The molecule has 18 heteroatoms. The predicted octanol–water partition coefficient (Wildman–Crippen LogP) is 4.85. The van der Waals surface area contributed by atoms with Crippen molar-refractivity contribution in [3.05, 3.63) is 71.1 Å². The van der Waals surface area contributed by atoms with E-state index in [9.17, 15) is 36.4 Å². The first-order chi connectivity index (χ1) is 21.4. The molecular formula is C28H31F3N6O8S. The second kappa shape index (κ2) is 13.2. The molecule has 1 saturated heterocycles. The lowest BCUT2D eigenvalue weighted by Crippen LogP contribution is -2.47. The molecule has 1 amide bonds. The van der Waals surface area contributed by atoms with Crippen LogP contribution in [0.4, 0.5) is 18.0 Å². The van der Waals surface area contributed by atoms with Gasteiger partial charge in [-0.25, -0.2) is 22.6 Å². The van der Waals surface area contributed by atoms with E-state index in [0.29, 0.717) is 12.0 Å². The summed E-state index contributed by atoms with van der Waals surface area (Å²) in [5, 5.41) is 20.3. The lowest BCUT2D eigenvalue weighted by atomic mass is 10.1. The van der Waals surface area contributed by atoms with Crippen molar-refractivity contribution >= 4 is 22.1 Å². The number of amides is 1. The topological polar surface area (TPSA) is 167 Å². The van der Waals surface area contributed by atoms with Gasteiger partial charge in [-0.1, -0.05) is 29.8 Å². The molecule has 46 heavy (non-hydrogen) atoms. The second-order valence-corrected chi connectivity index (χ2v) is 12.8. The van der Waals surface area contributed by atoms with E-state index in [1.807, 2.05) is 11.6 Å². The summed E-state index contributed by atoms with van der Waals surface area (Å²) in [4.78, 5) is 28.7. The molecule has 4 rings (SSSR count). The minimum Gasteiger partial charge on any atom is -0.569 e. The summed E-state index contributed by atoms with van der Waals surface area (Å²) >= 11 is 0. The Balaban J connectivity index is 1.45.